The highest BCUT2D eigenvalue weighted by Gasteiger charge is 2.34. The van der Waals surface area contributed by atoms with E-state index in [9.17, 15) is 49.0 Å². The minimum absolute atomic E-state index is 0.0833. The number of aliphatic hydroxyl groups excluding tert-OH is 1. The van der Waals surface area contributed by atoms with Gasteiger partial charge in [-0.25, -0.2) is 4.79 Å². The number of ether oxygens (including phenoxy) is 3. The Balaban J connectivity index is 0.000000696. The van der Waals surface area contributed by atoms with Gasteiger partial charge in [0.05, 0.1) is 0 Å². The Bertz CT molecular complexity index is 3490. The molecule has 0 fully saturated rings. The van der Waals surface area contributed by atoms with Gasteiger partial charge in [0.1, 0.15) is 30.5 Å². The fraction of sp³-hybridized carbons (Fsp3) is 0.488. The number of rotatable bonds is 33. The largest absolute Gasteiger partial charge is 0.480 e. The summed E-state index contributed by atoms with van der Waals surface area (Å²) in [6.45, 7) is 39.3. The maximum atomic E-state index is 12.7. The van der Waals surface area contributed by atoms with E-state index >= 15 is 0 Å². The van der Waals surface area contributed by atoms with Crippen molar-refractivity contribution in [3.63, 3.8) is 0 Å². The number of carbonyl (C=O) groups excluding carboxylic acids is 5. The molecule has 4 N–H and O–H groups in total. The number of carboxylic acid groups (broad SMARTS) is 1. The first kappa shape index (κ1) is 94.7. The third-order valence-corrected chi connectivity index (χ3v) is 18.4. The number of nitrogens with zero attached hydrogens (tertiary/aromatic N) is 2. The second-order valence-electron chi connectivity index (χ2n) is 30.7. The maximum Gasteiger partial charge on any atom is 0.347 e. The zero-order chi connectivity index (χ0) is 80.5. The molecule has 0 radical (unpaired) electrons. The summed E-state index contributed by atoms with van der Waals surface area (Å²) < 4.78 is 17.1. The Morgan fingerprint density at radius 2 is 0.600 bits per heavy atom. The molecule has 6 aromatic rings. The van der Waals surface area contributed by atoms with Crippen molar-refractivity contribution in [2.45, 2.75) is 207 Å². The molecule has 105 heavy (non-hydrogen) atoms. The second kappa shape index (κ2) is 43.4. The molecule has 0 aromatic heterocycles. The van der Waals surface area contributed by atoms with Crippen LogP contribution in [0.4, 0.5) is 0 Å². The molecule has 0 atom stereocenters. The van der Waals surface area contributed by atoms with E-state index < -0.39 is 43.8 Å². The fourth-order valence-electron chi connectivity index (χ4n) is 8.04. The normalized spacial score (nSPS) is 11.6. The molecule has 0 amide bonds. The van der Waals surface area contributed by atoms with Crippen LogP contribution in [-0.4, -0.2) is 98.4 Å². The van der Waals surface area contributed by atoms with E-state index in [-0.39, 0.29) is 67.0 Å². The Morgan fingerprint density at radius 1 is 0.381 bits per heavy atom. The number of hydrogen-bond acceptors (Lipinski definition) is 17. The molecule has 0 saturated carbocycles. The van der Waals surface area contributed by atoms with Gasteiger partial charge < -0.3 is 39.8 Å². The van der Waals surface area contributed by atoms with Crippen LogP contribution >= 0.6 is 34.8 Å². The molecular formula is C82H112Cl3N3O17. The van der Waals surface area contributed by atoms with Crippen molar-refractivity contribution in [3.05, 3.63) is 214 Å². The molecule has 6 rings (SSSR count). The lowest BCUT2D eigenvalue weighted by atomic mass is 9.85. The average molecular weight is 1520 g/mol. The Hall–Kier alpha value is -8.27. The van der Waals surface area contributed by atoms with Crippen molar-refractivity contribution >= 4 is 69.7 Å². The molecule has 0 saturated heterocycles. The highest BCUT2D eigenvalue weighted by Crippen LogP contribution is 2.31. The summed E-state index contributed by atoms with van der Waals surface area (Å²) >= 11 is 17.5. The number of aliphatic carboxylic acids is 1. The van der Waals surface area contributed by atoms with E-state index in [0.717, 1.165) is 0 Å². The van der Waals surface area contributed by atoms with Gasteiger partial charge in [-0.2, -0.15) is 0 Å². The van der Waals surface area contributed by atoms with Gasteiger partial charge in [0, 0.05) is 73.3 Å². The fourth-order valence-corrected chi connectivity index (χ4v) is 8.42. The molecule has 0 aliphatic rings. The van der Waals surface area contributed by atoms with E-state index in [2.05, 4.69) is 65.1 Å². The molecule has 0 spiro atoms. The minimum Gasteiger partial charge on any atom is -0.480 e. The predicted molar refractivity (Wildman–Crippen MR) is 416 cm³/mol. The lowest BCUT2D eigenvalue weighted by Crippen LogP contribution is -2.39. The van der Waals surface area contributed by atoms with Crippen LogP contribution in [0.1, 0.15) is 238 Å². The van der Waals surface area contributed by atoms with Gasteiger partial charge in [-0.3, -0.25) is 24.0 Å². The maximum absolute atomic E-state index is 12.7. The highest BCUT2D eigenvalue weighted by atomic mass is 35.5. The number of nitrogens with two attached hydrogens (primary N) is 1. The average Bonchev–Trinajstić information content (AvgIpc) is 0.499. The number of Topliss-reactive ketones (excluding diaryl/α,β-unsaturated/α-hetero) is 2. The number of ketones is 5. The summed E-state index contributed by atoms with van der Waals surface area (Å²) in [6.07, 6.45) is 6.39. The number of aliphatic hydroxyl groups is 1. The molecule has 0 unspecified atom stereocenters. The van der Waals surface area contributed by atoms with E-state index in [4.69, 9.17) is 65.0 Å². The SMILES string of the molecule is CC(C)(CCC(=O)C(C)(C)Oc1ccc(C(=O)c2ccc(Cl)cc2)cc1)CO[N+](=O)[O-].CC(C)(CCC(=O)C(C)(C)Oc1ccc(C(=O)c2ccc(Cl)cc2)cc1)CO[N+](=O)[O-].CC(C)(CN)CO.CC(C)(Oc1ccc(C(=O)c2ccc(Cl)cc2)cc1)C(=O)O.CCC(C)(C)CC.CCC(C)(C)CC. The first-order chi connectivity index (χ1) is 48.4. The Morgan fingerprint density at radius 3 is 0.771 bits per heavy atom. The highest BCUT2D eigenvalue weighted by molar-refractivity contribution is 6.31. The Kier molecular flexibility index (Phi) is 39.1. The number of halogens is 3. The number of hydrogen-bond donors (Lipinski definition) is 3. The molecule has 0 aliphatic heterocycles. The van der Waals surface area contributed by atoms with Crippen molar-refractivity contribution in [2.24, 2.45) is 32.8 Å². The van der Waals surface area contributed by atoms with Crippen molar-refractivity contribution in [3.8, 4) is 17.2 Å². The van der Waals surface area contributed by atoms with Crippen molar-refractivity contribution < 1.29 is 73.0 Å². The van der Waals surface area contributed by atoms with E-state index in [1.165, 1.54) is 39.5 Å². The van der Waals surface area contributed by atoms with Gasteiger partial charge in [-0.1, -0.05) is 157 Å². The van der Waals surface area contributed by atoms with Gasteiger partial charge >= 0.3 is 5.97 Å². The number of carbonyl (C=O) groups is 6. The van der Waals surface area contributed by atoms with Crippen LogP contribution in [-0.2, 0) is 24.1 Å². The zero-order valence-corrected chi connectivity index (χ0v) is 67.2. The third-order valence-electron chi connectivity index (χ3n) is 17.6. The van der Waals surface area contributed by atoms with E-state index in [1.54, 1.807) is 201 Å². The van der Waals surface area contributed by atoms with Gasteiger partial charge in [0.2, 0.25) is 0 Å². The Labute approximate surface area is 636 Å². The van der Waals surface area contributed by atoms with E-state index in [1.807, 2.05) is 13.8 Å². The monoisotopic (exact) mass is 1520 g/mol. The quantitative estimate of drug-likeness (QED) is 0.0196. The van der Waals surface area contributed by atoms with Crippen LogP contribution in [0.5, 0.6) is 17.2 Å². The molecule has 0 bridgehead atoms. The van der Waals surface area contributed by atoms with Crippen LogP contribution in [0.2, 0.25) is 15.1 Å². The molecule has 23 heteroatoms. The van der Waals surface area contributed by atoms with Crippen molar-refractivity contribution in [1.82, 2.24) is 0 Å². The lowest BCUT2D eigenvalue weighted by molar-refractivity contribution is -0.760. The summed E-state index contributed by atoms with van der Waals surface area (Å²) in [5, 5.41) is 38.3. The van der Waals surface area contributed by atoms with Gasteiger partial charge in [-0.05, 0) is 228 Å². The van der Waals surface area contributed by atoms with Crippen LogP contribution in [0, 0.1) is 47.3 Å². The first-order valence-electron chi connectivity index (χ1n) is 34.9. The lowest BCUT2D eigenvalue weighted by Gasteiger charge is -2.28. The molecule has 578 valence electrons. The minimum atomic E-state index is -1.33. The van der Waals surface area contributed by atoms with Crippen molar-refractivity contribution in [1.29, 1.82) is 0 Å². The zero-order valence-electron chi connectivity index (χ0n) is 65.0. The van der Waals surface area contributed by atoms with Gasteiger partial charge in [0.25, 0.3) is 10.2 Å². The summed E-state index contributed by atoms with van der Waals surface area (Å²) in [6, 6.07) is 39.4. The molecule has 20 nitrogen and oxygen atoms in total. The van der Waals surface area contributed by atoms with Crippen LogP contribution in [0.25, 0.3) is 0 Å². The van der Waals surface area contributed by atoms with Crippen molar-refractivity contribution in [2.75, 3.05) is 26.4 Å². The summed E-state index contributed by atoms with van der Waals surface area (Å²) in [7, 11) is 0. The second-order valence-corrected chi connectivity index (χ2v) is 32.0. The third kappa shape index (κ3) is 37.0. The van der Waals surface area contributed by atoms with Gasteiger partial charge in [-0.15, -0.1) is 20.2 Å². The van der Waals surface area contributed by atoms with Crippen LogP contribution in [0.3, 0.4) is 0 Å². The first-order valence-corrected chi connectivity index (χ1v) is 36.0. The molecule has 0 heterocycles. The summed E-state index contributed by atoms with van der Waals surface area (Å²) in [5.41, 5.74) is 4.82. The smallest absolute Gasteiger partial charge is 0.347 e. The predicted octanol–water partition coefficient (Wildman–Crippen LogP) is 20.1. The van der Waals surface area contributed by atoms with Crippen LogP contribution < -0.4 is 19.9 Å². The number of benzene rings is 6. The van der Waals surface area contributed by atoms with Crippen LogP contribution in [0.15, 0.2) is 146 Å². The van der Waals surface area contributed by atoms with Gasteiger partial charge in [0.15, 0.2) is 45.7 Å². The topological polar surface area (TPSA) is 301 Å². The molecule has 6 aromatic carbocycles. The van der Waals surface area contributed by atoms with E-state index in [0.29, 0.717) is 95.9 Å². The number of carboxylic acids is 1. The standard InChI is InChI=1S/2C23H26ClNO6.C17H15ClO4.2C7H16.C5H13NO/c2*1-22(2,15-30-25(28)29)14-13-20(26)23(3,4)31-19-11-7-17(8-12-19)21(27)16-5-9-18(24)10-6-16;1-17(2,16(20)21)22-14-9-5-12(6-10-14)15(19)11-3-7-13(18)8-4-11;2*1-5-7(3,4)6-2;1-5(2,3-6)4-7/h2*5-12H,13-15H2,1-4H3;3-10H,1-2H3,(H,20,21);2*5-6H2,1-4H3;7H,3-4,6H2,1-2H3. The molecule has 0 aliphatic carbocycles. The summed E-state index contributed by atoms with van der Waals surface area (Å²) in [4.78, 5) is 103. The summed E-state index contributed by atoms with van der Waals surface area (Å²) in [5.74, 6) is -0.445. The molecular weight excluding hydrogens is 1410 g/mol.